The molecule has 0 aliphatic heterocycles. The molecule has 0 aliphatic rings. The van der Waals surface area contributed by atoms with E-state index in [9.17, 15) is 12.8 Å². The molecule has 146 valence electrons. The Kier molecular flexibility index (Phi) is 5.25. The molecular formula is C22H15ClFNO2S2. The largest absolute Gasteiger partial charge is 0.235 e. The van der Waals surface area contributed by atoms with Gasteiger partial charge in [0.25, 0.3) is 0 Å². The van der Waals surface area contributed by atoms with E-state index in [1.165, 1.54) is 29.7 Å². The summed E-state index contributed by atoms with van der Waals surface area (Å²) < 4.78 is 36.8. The molecule has 0 aliphatic carbocycles. The standard InChI is InChI=1S/C22H15ClFNO2S2/c1-29(26,27)17-12-8-15(9-13-17)22-25-20(14-6-10-16(24)11-7-14)21(28-22)18-4-2-3-5-19(18)23/h2-13H,1H3. The molecule has 0 saturated heterocycles. The summed E-state index contributed by atoms with van der Waals surface area (Å²) in [5.41, 5.74) is 3.11. The fourth-order valence-corrected chi connectivity index (χ4v) is 4.97. The molecule has 0 unspecified atom stereocenters. The topological polar surface area (TPSA) is 47.0 Å². The lowest BCUT2D eigenvalue weighted by atomic mass is 10.1. The SMILES string of the molecule is CS(=O)(=O)c1ccc(-c2nc(-c3ccc(F)cc3)c(-c3ccccc3Cl)s2)cc1. The molecule has 3 nitrogen and oxygen atoms in total. The Bertz CT molecular complexity index is 1280. The molecule has 0 saturated carbocycles. The Morgan fingerprint density at radius 2 is 1.52 bits per heavy atom. The van der Waals surface area contributed by atoms with Gasteiger partial charge in [-0.1, -0.05) is 41.9 Å². The highest BCUT2D eigenvalue weighted by molar-refractivity contribution is 7.90. The quantitative estimate of drug-likeness (QED) is 0.369. The van der Waals surface area contributed by atoms with Gasteiger partial charge in [0.05, 0.1) is 15.5 Å². The van der Waals surface area contributed by atoms with Crippen LogP contribution in [0.25, 0.3) is 32.3 Å². The molecule has 1 aromatic heterocycles. The van der Waals surface area contributed by atoms with Crippen LogP contribution in [0, 0.1) is 5.82 Å². The van der Waals surface area contributed by atoms with Crippen LogP contribution in [-0.4, -0.2) is 19.7 Å². The molecule has 7 heteroatoms. The molecule has 0 fully saturated rings. The number of hydrogen-bond acceptors (Lipinski definition) is 4. The van der Waals surface area contributed by atoms with E-state index >= 15 is 0 Å². The second-order valence-corrected chi connectivity index (χ2v) is 9.90. The Hall–Kier alpha value is -2.54. The van der Waals surface area contributed by atoms with Crippen molar-refractivity contribution in [3.63, 3.8) is 0 Å². The van der Waals surface area contributed by atoms with Crippen LogP contribution in [0.1, 0.15) is 0 Å². The van der Waals surface area contributed by atoms with Crippen molar-refractivity contribution < 1.29 is 12.8 Å². The minimum atomic E-state index is -3.27. The van der Waals surface area contributed by atoms with Crippen molar-refractivity contribution in [1.29, 1.82) is 0 Å². The van der Waals surface area contributed by atoms with Gasteiger partial charge in [-0.05, 0) is 42.5 Å². The van der Waals surface area contributed by atoms with Crippen molar-refractivity contribution in [2.75, 3.05) is 6.26 Å². The molecule has 0 bridgehead atoms. The second kappa shape index (κ2) is 7.71. The smallest absolute Gasteiger partial charge is 0.175 e. The van der Waals surface area contributed by atoms with Crippen LogP contribution >= 0.6 is 22.9 Å². The number of hydrogen-bond donors (Lipinski definition) is 0. The first kappa shape index (κ1) is 19.8. The number of thiazole rings is 1. The zero-order valence-electron chi connectivity index (χ0n) is 15.3. The molecule has 3 aromatic carbocycles. The fraction of sp³-hybridized carbons (Fsp3) is 0.0455. The lowest BCUT2D eigenvalue weighted by molar-refractivity contribution is 0.602. The van der Waals surface area contributed by atoms with Gasteiger partial charge >= 0.3 is 0 Å². The number of sulfone groups is 1. The highest BCUT2D eigenvalue weighted by atomic mass is 35.5. The third kappa shape index (κ3) is 4.10. The van der Waals surface area contributed by atoms with Crippen molar-refractivity contribution in [3.05, 3.63) is 83.6 Å². The van der Waals surface area contributed by atoms with Gasteiger partial charge in [0, 0.05) is 28.0 Å². The van der Waals surface area contributed by atoms with Crippen LogP contribution in [0.15, 0.2) is 77.7 Å². The summed E-state index contributed by atoms with van der Waals surface area (Å²) in [4.78, 5) is 5.90. The van der Waals surface area contributed by atoms with Crippen LogP contribution in [0.3, 0.4) is 0 Å². The summed E-state index contributed by atoms with van der Waals surface area (Å²) in [6.07, 6.45) is 1.17. The van der Waals surface area contributed by atoms with Gasteiger partial charge in [0.1, 0.15) is 10.8 Å². The van der Waals surface area contributed by atoms with Crippen molar-refractivity contribution in [2.45, 2.75) is 4.90 Å². The van der Waals surface area contributed by atoms with Gasteiger partial charge < -0.3 is 0 Å². The Balaban J connectivity index is 1.88. The van der Waals surface area contributed by atoms with Crippen LogP contribution in [0.4, 0.5) is 4.39 Å². The molecule has 0 spiro atoms. The van der Waals surface area contributed by atoms with E-state index in [4.69, 9.17) is 16.6 Å². The average molecular weight is 444 g/mol. The number of nitrogens with zero attached hydrogens (tertiary/aromatic N) is 1. The molecular weight excluding hydrogens is 429 g/mol. The van der Waals surface area contributed by atoms with Crippen molar-refractivity contribution >= 4 is 32.8 Å². The second-order valence-electron chi connectivity index (χ2n) is 6.48. The number of aromatic nitrogens is 1. The molecule has 0 radical (unpaired) electrons. The predicted octanol–water partition coefficient (Wildman–Crippen LogP) is 6.34. The highest BCUT2D eigenvalue weighted by Gasteiger charge is 2.18. The summed E-state index contributed by atoms with van der Waals surface area (Å²) in [5, 5.41) is 1.32. The van der Waals surface area contributed by atoms with Gasteiger partial charge in [-0.15, -0.1) is 11.3 Å². The lowest BCUT2D eigenvalue weighted by Crippen LogP contribution is -1.96. The van der Waals surface area contributed by atoms with Crippen molar-refractivity contribution in [2.24, 2.45) is 0 Å². The van der Waals surface area contributed by atoms with E-state index in [0.29, 0.717) is 10.7 Å². The zero-order valence-corrected chi connectivity index (χ0v) is 17.7. The predicted molar refractivity (Wildman–Crippen MR) is 116 cm³/mol. The molecule has 4 rings (SSSR count). The van der Waals surface area contributed by atoms with Crippen LogP contribution < -0.4 is 0 Å². The normalized spacial score (nSPS) is 11.6. The van der Waals surface area contributed by atoms with Crippen molar-refractivity contribution in [3.8, 4) is 32.3 Å². The lowest BCUT2D eigenvalue weighted by Gasteiger charge is -2.04. The molecule has 0 atom stereocenters. The zero-order chi connectivity index (χ0) is 20.6. The summed E-state index contributed by atoms with van der Waals surface area (Å²) in [6, 6.07) is 20.2. The van der Waals surface area contributed by atoms with Gasteiger partial charge in [0.2, 0.25) is 0 Å². The van der Waals surface area contributed by atoms with Crippen LogP contribution in [0.5, 0.6) is 0 Å². The minimum absolute atomic E-state index is 0.253. The molecule has 0 amide bonds. The van der Waals surface area contributed by atoms with Gasteiger partial charge in [-0.25, -0.2) is 17.8 Å². The monoisotopic (exact) mass is 443 g/mol. The number of benzene rings is 3. The molecule has 1 heterocycles. The molecule has 29 heavy (non-hydrogen) atoms. The maximum absolute atomic E-state index is 13.4. The van der Waals surface area contributed by atoms with E-state index in [1.54, 1.807) is 36.4 Å². The van der Waals surface area contributed by atoms with Crippen molar-refractivity contribution in [1.82, 2.24) is 4.98 Å². The van der Waals surface area contributed by atoms with E-state index in [2.05, 4.69) is 0 Å². The summed E-state index contributed by atoms with van der Waals surface area (Å²) in [5.74, 6) is -0.320. The fourth-order valence-electron chi connectivity index (χ4n) is 2.92. The van der Waals surface area contributed by atoms with Crippen LogP contribution in [0.2, 0.25) is 5.02 Å². The summed E-state index contributed by atoms with van der Waals surface area (Å²) >= 11 is 7.88. The first-order valence-corrected chi connectivity index (χ1v) is 11.7. The van der Waals surface area contributed by atoms with Gasteiger partial charge in [-0.2, -0.15) is 0 Å². The van der Waals surface area contributed by atoms with Gasteiger partial charge in [0.15, 0.2) is 9.84 Å². The Morgan fingerprint density at radius 3 is 2.14 bits per heavy atom. The van der Waals surface area contributed by atoms with E-state index < -0.39 is 9.84 Å². The van der Waals surface area contributed by atoms with Crippen LogP contribution in [-0.2, 0) is 9.84 Å². The maximum Gasteiger partial charge on any atom is 0.175 e. The van der Waals surface area contributed by atoms with Gasteiger partial charge in [-0.3, -0.25) is 0 Å². The average Bonchev–Trinajstić information content (AvgIpc) is 3.13. The first-order valence-electron chi connectivity index (χ1n) is 8.65. The van der Waals surface area contributed by atoms with E-state index in [-0.39, 0.29) is 10.7 Å². The van der Waals surface area contributed by atoms with E-state index in [0.717, 1.165) is 26.6 Å². The third-order valence-corrected chi connectivity index (χ3v) is 6.99. The first-order chi connectivity index (χ1) is 13.8. The van der Waals surface area contributed by atoms with E-state index in [1.807, 2.05) is 24.3 Å². The summed E-state index contributed by atoms with van der Waals surface area (Å²) in [7, 11) is -3.27. The highest BCUT2D eigenvalue weighted by Crippen LogP contribution is 2.43. The maximum atomic E-state index is 13.4. The minimum Gasteiger partial charge on any atom is -0.235 e. The number of halogens is 2. The Morgan fingerprint density at radius 1 is 0.897 bits per heavy atom. The Labute approximate surface area is 177 Å². The number of rotatable bonds is 4. The molecule has 0 N–H and O–H groups in total. The third-order valence-electron chi connectivity index (χ3n) is 4.39. The molecule has 4 aromatic rings. The summed E-state index contributed by atoms with van der Waals surface area (Å²) in [6.45, 7) is 0.